The zero-order chi connectivity index (χ0) is 12.3. The maximum absolute atomic E-state index is 11.3. The fourth-order valence-electron chi connectivity index (χ4n) is 1.76. The van der Waals surface area contributed by atoms with Crippen molar-refractivity contribution in [1.29, 1.82) is 0 Å². The number of nitrogens with one attached hydrogen (secondary N) is 2. The molecular weight excluding hydrogens is 224 g/mol. The number of ether oxygens (including phenoxy) is 2. The highest BCUT2D eigenvalue weighted by Crippen LogP contribution is 2.23. The molecule has 2 rings (SSSR count). The van der Waals surface area contributed by atoms with Crippen molar-refractivity contribution in [3.63, 3.8) is 0 Å². The normalized spacial score (nSPS) is 23.8. The van der Waals surface area contributed by atoms with Gasteiger partial charge >= 0.3 is 0 Å². The molecule has 0 aliphatic carbocycles. The Balaban J connectivity index is 2.06. The third kappa shape index (κ3) is 2.40. The fourth-order valence-corrected chi connectivity index (χ4v) is 1.76. The summed E-state index contributed by atoms with van der Waals surface area (Å²) in [4.78, 5) is 17.7. The molecule has 0 radical (unpaired) electrons. The van der Waals surface area contributed by atoms with Gasteiger partial charge in [0, 0.05) is 26.7 Å². The summed E-state index contributed by atoms with van der Waals surface area (Å²) in [5.41, 5.74) is 4.98. The average molecular weight is 240 g/mol. The molecule has 0 bridgehead atoms. The van der Waals surface area contributed by atoms with Crippen molar-refractivity contribution in [2.45, 2.75) is 12.0 Å². The monoisotopic (exact) mass is 240 g/mol. The number of hydrogen-bond acceptors (Lipinski definition) is 6. The lowest BCUT2D eigenvalue weighted by molar-refractivity contribution is -0.00624. The number of nitrogens with zero attached hydrogens (tertiary/aromatic N) is 1. The molecule has 17 heavy (non-hydrogen) atoms. The Morgan fingerprint density at radius 2 is 2.59 bits per heavy atom. The predicted molar refractivity (Wildman–Crippen MR) is 62.9 cm³/mol. The molecule has 0 spiro atoms. The van der Waals surface area contributed by atoms with Gasteiger partial charge in [-0.05, 0) is 0 Å². The van der Waals surface area contributed by atoms with E-state index >= 15 is 0 Å². The SMILES string of the molecule is COC1(CNc2nc[nH]c(=O)c2N)CCOC1. The van der Waals surface area contributed by atoms with Crippen LogP contribution in [0.1, 0.15) is 6.42 Å². The predicted octanol–water partition coefficient (Wildman–Crippen LogP) is -0.430. The van der Waals surface area contributed by atoms with Gasteiger partial charge in [-0.1, -0.05) is 0 Å². The highest BCUT2D eigenvalue weighted by molar-refractivity contribution is 5.59. The largest absolute Gasteiger partial charge is 0.391 e. The number of H-pyrrole nitrogens is 1. The van der Waals surface area contributed by atoms with E-state index in [4.69, 9.17) is 15.2 Å². The minimum atomic E-state index is -0.364. The molecule has 0 aromatic carbocycles. The molecule has 1 aromatic rings. The van der Waals surface area contributed by atoms with Gasteiger partial charge in [0.05, 0.1) is 12.9 Å². The fraction of sp³-hybridized carbons (Fsp3) is 0.600. The standard InChI is InChI=1S/C10H16N4O3/c1-16-10(2-3-17-5-10)4-12-8-7(11)9(15)14-6-13-8/h6H,2-5,11H2,1H3,(H2,12,13,14,15). The summed E-state index contributed by atoms with van der Waals surface area (Å²) in [6.45, 7) is 1.71. The van der Waals surface area contributed by atoms with E-state index in [2.05, 4.69) is 15.3 Å². The molecule has 1 atom stereocenters. The minimum Gasteiger partial charge on any atom is -0.391 e. The van der Waals surface area contributed by atoms with Gasteiger partial charge in [-0.25, -0.2) is 4.98 Å². The van der Waals surface area contributed by atoms with Crippen LogP contribution < -0.4 is 16.6 Å². The van der Waals surface area contributed by atoms with Crippen LogP contribution in [-0.2, 0) is 9.47 Å². The van der Waals surface area contributed by atoms with E-state index < -0.39 is 0 Å². The Kier molecular flexibility index (Phi) is 3.30. The first kappa shape index (κ1) is 11.9. The first-order valence-corrected chi connectivity index (χ1v) is 5.37. The maximum atomic E-state index is 11.3. The van der Waals surface area contributed by atoms with E-state index in [-0.39, 0.29) is 16.8 Å². The number of aromatic nitrogens is 2. The minimum absolute atomic E-state index is 0.0812. The van der Waals surface area contributed by atoms with E-state index in [0.29, 0.717) is 25.6 Å². The van der Waals surface area contributed by atoms with Crippen molar-refractivity contribution < 1.29 is 9.47 Å². The second-order valence-electron chi connectivity index (χ2n) is 4.04. The van der Waals surface area contributed by atoms with Gasteiger partial charge in [-0.2, -0.15) is 0 Å². The number of hydrogen-bond donors (Lipinski definition) is 3. The summed E-state index contributed by atoms with van der Waals surface area (Å²) in [5.74, 6) is 0.372. The summed E-state index contributed by atoms with van der Waals surface area (Å²) in [5, 5.41) is 3.03. The van der Waals surface area contributed by atoms with E-state index in [1.54, 1.807) is 7.11 Å². The number of nitrogens with two attached hydrogens (primary N) is 1. The third-order valence-corrected chi connectivity index (χ3v) is 2.97. The van der Waals surface area contributed by atoms with Gasteiger partial charge in [0.15, 0.2) is 5.82 Å². The van der Waals surface area contributed by atoms with Crippen LogP contribution in [0.25, 0.3) is 0 Å². The zero-order valence-electron chi connectivity index (χ0n) is 9.66. The maximum Gasteiger partial charge on any atom is 0.276 e. The number of methoxy groups -OCH3 is 1. The van der Waals surface area contributed by atoms with Crippen LogP contribution >= 0.6 is 0 Å². The molecule has 1 unspecified atom stereocenters. The molecule has 1 aliphatic heterocycles. The third-order valence-electron chi connectivity index (χ3n) is 2.97. The molecule has 0 saturated carbocycles. The number of rotatable bonds is 4. The molecule has 1 saturated heterocycles. The Bertz CT molecular complexity index is 439. The molecule has 1 fully saturated rings. The van der Waals surface area contributed by atoms with Crippen LogP contribution in [0.4, 0.5) is 11.5 Å². The number of aromatic amines is 1. The van der Waals surface area contributed by atoms with Crippen LogP contribution in [0.15, 0.2) is 11.1 Å². The van der Waals surface area contributed by atoms with E-state index in [1.165, 1.54) is 6.33 Å². The molecule has 4 N–H and O–H groups in total. The molecular formula is C10H16N4O3. The van der Waals surface area contributed by atoms with Crippen molar-refractivity contribution in [2.75, 3.05) is 37.9 Å². The molecule has 7 heteroatoms. The lowest BCUT2D eigenvalue weighted by atomic mass is 10.0. The van der Waals surface area contributed by atoms with E-state index in [1.807, 2.05) is 0 Å². The summed E-state index contributed by atoms with van der Waals surface area (Å²) < 4.78 is 10.8. The molecule has 94 valence electrons. The van der Waals surface area contributed by atoms with Gasteiger partial charge in [0.25, 0.3) is 5.56 Å². The summed E-state index contributed by atoms with van der Waals surface area (Å²) >= 11 is 0. The van der Waals surface area contributed by atoms with Gasteiger partial charge < -0.3 is 25.5 Å². The van der Waals surface area contributed by atoms with E-state index in [0.717, 1.165) is 6.42 Å². The van der Waals surface area contributed by atoms with Gasteiger partial charge in [-0.3, -0.25) is 4.79 Å². The van der Waals surface area contributed by atoms with Gasteiger partial charge in [0.1, 0.15) is 11.3 Å². The van der Waals surface area contributed by atoms with Crippen LogP contribution in [0.2, 0.25) is 0 Å². The molecule has 2 heterocycles. The van der Waals surface area contributed by atoms with Crippen molar-refractivity contribution in [3.05, 3.63) is 16.7 Å². The second kappa shape index (κ2) is 4.72. The first-order chi connectivity index (χ1) is 8.17. The summed E-state index contributed by atoms with van der Waals surface area (Å²) in [7, 11) is 1.64. The Morgan fingerprint density at radius 1 is 1.76 bits per heavy atom. The molecule has 0 amide bonds. The summed E-state index contributed by atoms with van der Waals surface area (Å²) in [6.07, 6.45) is 2.12. The summed E-state index contributed by atoms with van der Waals surface area (Å²) in [6, 6.07) is 0. The van der Waals surface area contributed by atoms with Crippen molar-refractivity contribution in [3.8, 4) is 0 Å². The van der Waals surface area contributed by atoms with Crippen LogP contribution in [-0.4, -0.2) is 42.4 Å². The Morgan fingerprint density at radius 3 is 3.24 bits per heavy atom. The van der Waals surface area contributed by atoms with Gasteiger partial charge in [0.2, 0.25) is 0 Å². The van der Waals surface area contributed by atoms with Crippen LogP contribution in [0, 0.1) is 0 Å². The first-order valence-electron chi connectivity index (χ1n) is 5.37. The lowest BCUT2D eigenvalue weighted by Gasteiger charge is -2.26. The van der Waals surface area contributed by atoms with Crippen molar-refractivity contribution in [2.24, 2.45) is 0 Å². The molecule has 7 nitrogen and oxygen atoms in total. The highest BCUT2D eigenvalue weighted by Gasteiger charge is 2.34. The molecule has 1 aliphatic rings. The topological polar surface area (TPSA) is 102 Å². The lowest BCUT2D eigenvalue weighted by Crippen LogP contribution is -2.40. The van der Waals surface area contributed by atoms with Crippen LogP contribution in [0.3, 0.4) is 0 Å². The second-order valence-corrected chi connectivity index (χ2v) is 4.04. The number of nitrogen functional groups attached to an aromatic ring is 1. The smallest absolute Gasteiger partial charge is 0.276 e. The zero-order valence-corrected chi connectivity index (χ0v) is 9.66. The Hall–Kier alpha value is -1.60. The van der Waals surface area contributed by atoms with Crippen molar-refractivity contribution >= 4 is 11.5 Å². The van der Waals surface area contributed by atoms with Crippen LogP contribution in [0.5, 0.6) is 0 Å². The Labute approximate surface area is 98.3 Å². The quantitative estimate of drug-likeness (QED) is 0.660. The average Bonchev–Trinajstić information content (AvgIpc) is 2.81. The van der Waals surface area contributed by atoms with Crippen molar-refractivity contribution in [1.82, 2.24) is 9.97 Å². The highest BCUT2D eigenvalue weighted by atomic mass is 16.5. The number of anilines is 2. The molecule has 1 aromatic heterocycles. The van der Waals surface area contributed by atoms with E-state index in [9.17, 15) is 4.79 Å². The van der Waals surface area contributed by atoms with Gasteiger partial charge in [-0.15, -0.1) is 0 Å².